The Labute approximate surface area is 241 Å². The molecule has 0 aromatic heterocycles. The molecule has 8 heteroatoms. The van der Waals surface area contributed by atoms with Crippen molar-refractivity contribution in [1.82, 2.24) is 9.80 Å². The molecule has 2 amide bonds. The van der Waals surface area contributed by atoms with Gasteiger partial charge in [-0.3, -0.25) is 14.5 Å². The van der Waals surface area contributed by atoms with Gasteiger partial charge in [0, 0.05) is 54.2 Å². The van der Waals surface area contributed by atoms with Gasteiger partial charge in [-0.1, -0.05) is 48.5 Å². The maximum Gasteiger partial charge on any atom is 0.337 e. The zero-order chi connectivity index (χ0) is 32.5. The van der Waals surface area contributed by atoms with Crippen LogP contribution in [-0.2, 0) is 20.7 Å². The molecule has 0 atom stereocenters. The molecule has 0 aliphatic carbocycles. The number of carbonyl (C=O) groups is 3. The van der Waals surface area contributed by atoms with Crippen molar-refractivity contribution in [2.24, 2.45) is 0 Å². The number of ether oxygens (including phenoxy) is 1. The lowest BCUT2D eigenvalue weighted by Crippen LogP contribution is -2.48. The number of carbonyl (C=O) groups excluding carboxylic acids is 3. The summed E-state index contributed by atoms with van der Waals surface area (Å²) < 4.78 is 46.2. The minimum atomic E-state index is -2.93. The first-order chi connectivity index (χ1) is 21.3. The number of hydrogen-bond acceptors (Lipinski definition) is 6. The third-order valence-corrected chi connectivity index (χ3v) is 7.14. The van der Waals surface area contributed by atoms with Gasteiger partial charge >= 0.3 is 5.97 Å². The third-order valence-electron chi connectivity index (χ3n) is 7.14. The van der Waals surface area contributed by atoms with Crippen LogP contribution >= 0.6 is 0 Å². The molecule has 1 fully saturated rings. The van der Waals surface area contributed by atoms with Crippen LogP contribution in [0, 0.1) is 0 Å². The molecule has 0 spiro atoms. The maximum absolute atomic E-state index is 13.5. The van der Waals surface area contributed by atoms with Crippen molar-refractivity contribution >= 4 is 40.3 Å². The molecular weight excluding hydrogens is 504 g/mol. The molecule has 206 valence electrons. The van der Waals surface area contributed by atoms with E-state index in [2.05, 4.69) is 5.32 Å². The van der Waals surface area contributed by atoms with Gasteiger partial charge in [0.2, 0.25) is 5.91 Å². The summed E-state index contributed by atoms with van der Waals surface area (Å²) in [6.45, 7) is -3.74. The highest BCUT2D eigenvalue weighted by atomic mass is 16.5. The first-order valence-electron chi connectivity index (χ1n) is 15.5. The quantitative estimate of drug-likeness (QED) is 0.361. The average Bonchev–Trinajstić information content (AvgIpc) is 3.34. The number of hydrogen-bond donors (Lipinski definition) is 1. The van der Waals surface area contributed by atoms with Crippen LogP contribution in [0.4, 0.5) is 11.4 Å². The fourth-order valence-electron chi connectivity index (χ4n) is 4.88. The van der Waals surface area contributed by atoms with E-state index in [-0.39, 0.29) is 18.0 Å². The van der Waals surface area contributed by atoms with Crippen molar-refractivity contribution in [2.45, 2.75) is 6.42 Å². The number of nitrogens with zero attached hydrogens (tertiary/aromatic N) is 3. The van der Waals surface area contributed by atoms with E-state index in [1.54, 1.807) is 30.3 Å². The predicted octanol–water partition coefficient (Wildman–Crippen LogP) is 3.79. The highest BCUT2D eigenvalue weighted by Gasteiger charge is 2.29. The highest BCUT2D eigenvalue weighted by molar-refractivity contribution is 6.37. The second-order valence-electron chi connectivity index (χ2n) is 9.81. The number of methoxy groups -OCH3 is 1. The van der Waals surface area contributed by atoms with Crippen LogP contribution in [0.3, 0.4) is 0 Å². The number of benzene rings is 3. The van der Waals surface area contributed by atoms with Gasteiger partial charge in [-0.25, -0.2) is 4.79 Å². The second-order valence-corrected chi connectivity index (χ2v) is 9.81. The summed E-state index contributed by atoms with van der Waals surface area (Å²) in [5, 5.41) is 2.85. The smallest absolute Gasteiger partial charge is 0.337 e. The molecule has 0 unspecified atom stereocenters. The SMILES string of the molecule is [2H]C([2H])([2H])N(C(=O)C([2H])([2H])N1CCN(C)CC1)c1ccc(C/C(=C2\C(=O)Nc3cc(C(=O)OC)ccc32)c2ccccc2)cc1. The molecule has 0 saturated carbocycles. The number of amides is 2. The van der Waals surface area contributed by atoms with Crippen molar-refractivity contribution in [1.29, 1.82) is 0 Å². The Balaban J connectivity index is 1.49. The molecule has 1 saturated heterocycles. The number of anilines is 2. The first-order valence-corrected chi connectivity index (χ1v) is 13.0. The maximum atomic E-state index is 13.5. The summed E-state index contributed by atoms with van der Waals surface area (Å²) in [5.74, 6) is -2.00. The monoisotopic (exact) mass is 543 g/mol. The van der Waals surface area contributed by atoms with Crippen LogP contribution < -0.4 is 10.2 Å². The van der Waals surface area contributed by atoms with E-state index in [0.29, 0.717) is 59.0 Å². The van der Waals surface area contributed by atoms with E-state index in [0.717, 1.165) is 11.1 Å². The van der Waals surface area contributed by atoms with Gasteiger partial charge in [-0.15, -0.1) is 0 Å². The average molecular weight is 544 g/mol. The van der Waals surface area contributed by atoms with Crippen LogP contribution in [0.5, 0.6) is 0 Å². The molecule has 8 nitrogen and oxygen atoms in total. The molecular formula is C32H34N4O4. The van der Waals surface area contributed by atoms with Crippen LogP contribution in [0.2, 0.25) is 0 Å². The van der Waals surface area contributed by atoms with E-state index < -0.39 is 25.3 Å². The minimum absolute atomic E-state index is 0.0370. The van der Waals surface area contributed by atoms with Gasteiger partial charge in [0.15, 0.2) is 0 Å². The number of piperazine rings is 1. The number of likely N-dealkylation sites (N-methyl/N-ethyl adjacent to an activating group) is 2. The van der Waals surface area contributed by atoms with Gasteiger partial charge in [0.1, 0.15) is 0 Å². The lowest BCUT2D eigenvalue weighted by Gasteiger charge is -2.32. The largest absolute Gasteiger partial charge is 0.465 e. The lowest BCUT2D eigenvalue weighted by molar-refractivity contribution is -0.119. The summed E-state index contributed by atoms with van der Waals surface area (Å²) in [5.41, 5.74) is 4.15. The first kappa shape index (κ1) is 21.5. The van der Waals surface area contributed by atoms with E-state index in [4.69, 9.17) is 11.6 Å². The van der Waals surface area contributed by atoms with Crippen LogP contribution in [0.25, 0.3) is 11.1 Å². The summed E-state index contributed by atoms with van der Waals surface area (Å²) >= 11 is 0. The lowest BCUT2D eigenvalue weighted by atomic mass is 9.90. The van der Waals surface area contributed by atoms with Crippen molar-refractivity contribution in [3.8, 4) is 0 Å². The Hall–Kier alpha value is -4.27. The Morgan fingerprint density at radius 1 is 1.00 bits per heavy atom. The normalized spacial score (nSPS) is 19.2. The van der Waals surface area contributed by atoms with Gasteiger partial charge in [-0.2, -0.15) is 0 Å². The number of esters is 1. The number of nitrogens with one attached hydrogen (secondary N) is 1. The second kappa shape index (κ2) is 11.9. The number of fused-ring (bicyclic) bond motifs is 1. The zero-order valence-electron chi connectivity index (χ0n) is 27.4. The number of allylic oxidation sites excluding steroid dienone is 1. The third kappa shape index (κ3) is 5.83. The molecule has 2 aliphatic heterocycles. The molecule has 0 bridgehead atoms. The molecule has 2 aliphatic rings. The van der Waals surface area contributed by atoms with Crippen molar-refractivity contribution in [3.05, 3.63) is 95.1 Å². The molecule has 3 aromatic rings. The van der Waals surface area contributed by atoms with Crippen molar-refractivity contribution in [2.75, 3.05) is 64.0 Å². The Kier molecular flexibility index (Phi) is 6.38. The summed E-state index contributed by atoms with van der Waals surface area (Å²) in [7, 11) is 3.19. The Morgan fingerprint density at radius 3 is 2.40 bits per heavy atom. The Morgan fingerprint density at radius 2 is 1.73 bits per heavy atom. The van der Waals surface area contributed by atoms with Gasteiger partial charge in [-0.05, 0) is 54.4 Å². The number of rotatable bonds is 7. The molecule has 2 heterocycles. The van der Waals surface area contributed by atoms with Crippen molar-refractivity contribution < 1.29 is 26.0 Å². The fraction of sp³-hybridized carbons (Fsp3) is 0.281. The molecule has 40 heavy (non-hydrogen) atoms. The van der Waals surface area contributed by atoms with Gasteiger partial charge < -0.3 is 19.9 Å². The summed E-state index contributed by atoms with van der Waals surface area (Å²) in [4.78, 5) is 42.8. The molecule has 5 rings (SSSR count). The van der Waals surface area contributed by atoms with Crippen LogP contribution in [0.15, 0.2) is 72.8 Å². The van der Waals surface area contributed by atoms with Crippen molar-refractivity contribution in [3.63, 3.8) is 0 Å². The van der Waals surface area contributed by atoms with E-state index >= 15 is 0 Å². The van der Waals surface area contributed by atoms with Gasteiger partial charge in [0.25, 0.3) is 5.91 Å². The minimum Gasteiger partial charge on any atom is -0.465 e. The highest BCUT2D eigenvalue weighted by Crippen LogP contribution is 2.39. The van der Waals surface area contributed by atoms with Gasteiger partial charge in [0.05, 0.1) is 27.5 Å². The molecule has 0 radical (unpaired) electrons. The van der Waals surface area contributed by atoms with Crippen LogP contribution in [0.1, 0.15) is 33.9 Å². The van der Waals surface area contributed by atoms with E-state index in [1.807, 2.05) is 42.3 Å². The van der Waals surface area contributed by atoms with E-state index in [1.165, 1.54) is 24.1 Å². The standard InChI is InChI=1S/C32H34N4O4/c1-34-15-17-36(18-16-34)21-29(37)35(2)25-12-9-22(10-13-25)19-27(23-7-5-4-6-8-23)30-26-14-11-24(32(39)40-3)20-28(26)33-31(30)38/h4-14,20H,15-19,21H2,1-3H3,(H,33,38)/b30-27+/i2D3,21D2. The zero-order valence-corrected chi connectivity index (χ0v) is 22.4. The predicted molar refractivity (Wildman–Crippen MR) is 157 cm³/mol. The van der Waals surface area contributed by atoms with E-state index in [9.17, 15) is 14.4 Å². The summed E-state index contributed by atoms with van der Waals surface area (Å²) in [6.07, 6.45) is 0.287. The van der Waals surface area contributed by atoms with Crippen LogP contribution in [-0.4, -0.2) is 81.4 Å². The fourth-order valence-corrected chi connectivity index (χ4v) is 4.88. The Bertz CT molecular complexity index is 1630. The topological polar surface area (TPSA) is 82.2 Å². The molecule has 1 N–H and O–H groups in total. The molecule has 3 aromatic carbocycles. The summed E-state index contributed by atoms with van der Waals surface area (Å²) in [6, 6.07) is 20.6.